The van der Waals surface area contributed by atoms with Crippen LogP contribution in [0.3, 0.4) is 0 Å². The van der Waals surface area contributed by atoms with Crippen LogP contribution in [0.5, 0.6) is 0 Å². The first-order chi connectivity index (χ1) is 17.1. The lowest BCUT2D eigenvalue weighted by molar-refractivity contribution is -0.115. The topological polar surface area (TPSA) is 138 Å². The summed E-state index contributed by atoms with van der Waals surface area (Å²) < 4.78 is 21.1. The fourth-order valence-electron chi connectivity index (χ4n) is 3.89. The van der Waals surface area contributed by atoms with E-state index in [-0.39, 0.29) is 28.2 Å². The lowest BCUT2D eigenvalue weighted by atomic mass is 10.1. The number of aromatic nitrogens is 7. The number of amides is 1. The van der Waals surface area contributed by atoms with Gasteiger partial charge in [-0.3, -0.25) is 19.9 Å². The van der Waals surface area contributed by atoms with Gasteiger partial charge in [0.2, 0.25) is 5.91 Å². The second kappa shape index (κ2) is 8.13. The Hall–Kier alpha value is -4.93. The van der Waals surface area contributed by atoms with Crippen molar-refractivity contribution in [3.05, 3.63) is 61.3 Å². The summed E-state index contributed by atoms with van der Waals surface area (Å²) in [6.45, 7) is 1.75. The number of carbonyl (C=O) groups is 1. The van der Waals surface area contributed by atoms with Gasteiger partial charge >= 0.3 is 0 Å². The molecule has 0 aliphatic rings. The average molecular weight is 468 g/mol. The maximum atomic E-state index is 15.9. The molecule has 1 amide bonds. The third-order valence-electron chi connectivity index (χ3n) is 5.60. The summed E-state index contributed by atoms with van der Waals surface area (Å²) in [7, 11) is 0. The Balaban J connectivity index is 1.48. The van der Waals surface area contributed by atoms with E-state index in [2.05, 4.69) is 40.4 Å². The summed E-state index contributed by atoms with van der Waals surface area (Å²) >= 11 is 0. The molecule has 3 N–H and O–H groups in total. The number of furan rings is 1. The Morgan fingerprint density at radius 3 is 2.89 bits per heavy atom. The Kier molecular flexibility index (Phi) is 4.80. The minimum absolute atomic E-state index is 0.163. The number of aromatic amines is 2. The molecule has 172 valence electrons. The molecule has 0 aliphatic heterocycles. The monoisotopic (exact) mass is 468 g/mol. The zero-order valence-corrected chi connectivity index (χ0v) is 18.3. The largest absolute Gasteiger partial charge is 0.472 e. The van der Waals surface area contributed by atoms with Crippen LogP contribution in [0.4, 0.5) is 10.1 Å². The van der Waals surface area contributed by atoms with E-state index in [1.807, 2.05) is 0 Å². The predicted molar refractivity (Wildman–Crippen MR) is 127 cm³/mol. The highest BCUT2D eigenvalue weighted by atomic mass is 19.1. The van der Waals surface area contributed by atoms with Crippen LogP contribution < -0.4 is 5.32 Å². The van der Waals surface area contributed by atoms with E-state index in [1.54, 1.807) is 43.8 Å². The first kappa shape index (κ1) is 20.7. The Bertz CT molecular complexity index is 1700. The molecule has 6 aromatic rings. The maximum absolute atomic E-state index is 15.9. The molecule has 6 aromatic heterocycles. The molecule has 0 spiro atoms. The van der Waals surface area contributed by atoms with Gasteiger partial charge in [0.05, 0.1) is 35.3 Å². The van der Waals surface area contributed by atoms with Gasteiger partial charge in [-0.1, -0.05) is 6.92 Å². The number of rotatable bonds is 5. The van der Waals surface area contributed by atoms with Crippen molar-refractivity contribution in [2.75, 3.05) is 5.32 Å². The second-order valence-corrected chi connectivity index (χ2v) is 7.80. The molecule has 35 heavy (non-hydrogen) atoms. The molecular weight excluding hydrogens is 451 g/mol. The number of hydrogen-bond donors (Lipinski definition) is 3. The summed E-state index contributed by atoms with van der Waals surface area (Å²) in [5.41, 5.74) is 4.45. The van der Waals surface area contributed by atoms with Crippen molar-refractivity contribution in [2.24, 2.45) is 0 Å². The molecule has 0 saturated carbocycles. The third-order valence-corrected chi connectivity index (χ3v) is 5.60. The lowest BCUT2D eigenvalue weighted by Gasteiger charge is -2.07. The van der Waals surface area contributed by atoms with Crippen LogP contribution in [-0.4, -0.2) is 41.0 Å². The summed E-state index contributed by atoms with van der Waals surface area (Å²) in [5.74, 6) is -0.332. The van der Waals surface area contributed by atoms with Gasteiger partial charge in [0.15, 0.2) is 11.5 Å². The summed E-state index contributed by atoms with van der Waals surface area (Å²) in [6.07, 6.45) is 9.54. The van der Waals surface area contributed by atoms with Crippen molar-refractivity contribution in [3.63, 3.8) is 0 Å². The lowest BCUT2D eigenvalue weighted by Crippen LogP contribution is -2.09. The van der Waals surface area contributed by atoms with Crippen LogP contribution in [0.1, 0.15) is 13.3 Å². The van der Waals surface area contributed by atoms with Crippen molar-refractivity contribution in [1.82, 2.24) is 35.1 Å². The molecule has 0 unspecified atom stereocenters. The van der Waals surface area contributed by atoms with E-state index < -0.39 is 5.82 Å². The number of halogens is 1. The normalized spacial score (nSPS) is 11.4. The predicted octanol–water partition coefficient (Wildman–Crippen LogP) is 4.71. The number of nitrogens with zero attached hydrogens (tertiary/aromatic N) is 5. The SMILES string of the molecule is CCC(=O)Nc1cncc(-c2cnc3[nH]nc(-c4nc5c(-c6ccoc6)nccc5[nH]4)c3c2F)c1. The fourth-order valence-corrected chi connectivity index (χ4v) is 3.89. The smallest absolute Gasteiger partial charge is 0.224 e. The number of H-pyrrole nitrogens is 2. The van der Waals surface area contributed by atoms with Gasteiger partial charge < -0.3 is 14.7 Å². The molecule has 6 rings (SSSR count). The van der Waals surface area contributed by atoms with Crippen molar-refractivity contribution in [2.45, 2.75) is 13.3 Å². The number of pyridine rings is 3. The fraction of sp³-hybridized carbons (Fsp3) is 0.0833. The quantitative estimate of drug-likeness (QED) is 0.333. The number of imidazole rings is 1. The molecule has 0 fully saturated rings. The second-order valence-electron chi connectivity index (χ2n) is 7.80. The van der Waals surface area contributed by atoms with E-state index in [0.717, 1.165) is 11.1 Å². The first-order valence-electron chi connectivity index (χ1n) is 10.8. The molecule has 0 radical (unpaired) electrons. The third kappa shape index (κ3) is 3.50. The molecule has 0 atom stereocenters. The first-order valence-corrected chi connectivity index (χ1v) is 10.8. The molecule has 10 nitrogen and oxygen atoms in total. The van der Waals surface area contributed by atoms with Gasteiger partial charge in [-0.05, 0) is 18.2 Å². The summed E-state index contributed by atoms with van der Waals surface area (Å²) in [5, 5.41) is 9.97. The minimum atomic E-state index is -0.534. The van der Waals surface area contributed by atoms with Gasteiger partial charge in [0, 0.05) is 41.7 Å². The molecular formula is C24H17FN8O2. The maximum Gasteiger partial charge on any atom is 0.224 e. The Labute approximate surface area is 196 Å². The molecule has 0 bridgehead atoms. The highest BCUT2D eigenvalue weighted by molar-refractivity contribution is 5.97. The van der Waals surface area contributed by atoms with Crippen LogP contribution in [-0.2, 0) is 4.79 Å². The average Bonchev–Trinajstić information content (AvgIpc) is 3.63. The van der Waals surface area contributed by atoms with Crippen LogP contribution in [0.25, 0.3) is 56.0 Å². The molecule has 11 heteroatoms. The van der Waals surface area contributed by atoms with Crippen LogP contribution in [0.15, 0.2) is 59.9 Å². The number of hydrogen-bond acceptors (Lipinski definition) is 7. The van der Waals surface area contributed by atoms with E-state index in [9.17, 15) is 4.79 Å². The zero-order valence-electron chi connectivity index (χ0n) is 18.3. The number of fused-ring (bicyclic) bond motifs is 2. The summed E-state index contributed by atoms with van der Waals surface area (Å²) in [6, 6.07) is 5.23. The number of carbonyl (C=O) groups excluding carboxylic acids is 1. The molecule has 6 heterocycles. The molecule has 0 saturated heterocycles. The number of anilines is 1. The van der Waals surface area contributed by atoms with Crippen molar-refractivity contribution >= 4 is 33.7 Å². The van der Waals surface area contributed by atoms with E-state index >= 15 is 4.39 Å². The van der Waals surface area contributed by atoms with E-state index in [1.165, 1.54) is 18.6 Å². The van der Waals surface area contributed by atoms with Crippen molar-refractivity contribution in [1.29, 1.82) is 0 Å². The Morgan fingerprint density at radius 1 is 1.14 bits per heavy atom. The van der Waals surface area contributed by atoms with E-state index in [4.69, 9.17) is 4.42 Å². The van der Waals surface area contributed by atoms with Crippen LogP contribution in [0.2, 0.25) is 0 Å². The highest BCUT2D eigenvalue weighted by Crippen LogP contribution is 2.34. The zero-order chi connectivity index (χ0) is 23.9. The summed E-state index contributed by atoms with van der Waals surface area (Å²) in [4.78, 5) is 32.5. The van der Waals surface area contributed by atoms with Crippen molar-refractivity contribution < 1.29 is 13.6 Å². The van der Waals surface area contributed by atoms with Gasteiger partial charge in [0.1, 0.15) is 22.7 Å². The van der Waals surface area contributed by atoms with Crippen LogP contribution >= 0.6 is 0 Å². The Morgan fingerprint density at radius 2 is 2.06 bits per heavy atom. The van der Waals surface area contributed by atoms with E-state index in [0.29, 0.717) is 34.7 Å². The van der Waals surface area contributed by atoms with Gasteiger partial charge in [-0.15, -0.1) is 0 Å². The number of nitrogens with one attached hydrogen (secondary N) is 3. The van der Waals surface area contributed by atoms with Crippen molar-refractivity contribution in [3.8, 4) is 33.9 Å². The van der Waals surface area contributed by atoms with Gasteiger partial charge in [0.25, 0.3) is 0 Å². The molecule has 0 aromatic carbocycles. The minimum Gasteiger partial charge on any atom is -0.472 e. The van der Waals surface area contributed by atoms with Gasteiger partial charge in [-0.25, -0.2) is 14.4 Å². The highest BCUT2D eigenvalue weighted by Gasteiger charge is 2.21. The van der Waals surface area contributed by atoms with Gasteiger partial charge in [-0.2, -0.15) is 5.10 Å². The molecule has 0 aliphatic carbocycles. The van der Waals surface area contributed by atoms with Crippen LogP contribution in [0, 0.1) is 5.82 Å². The standard InChI is InChI=1S/C24H17FN8O2/c1-2-17(34)29-14-7-13(8-26-9-14)15-10-28-23-18(19(15)25)22(32-33-23)24-30-16-3-5-27-20(21(16)31-24)12-4-6-35-11-12/h3-11H,2H2,1H3,(H,29,34)(H,30,31)(H,28,32,33).